The van der Waals surface area contributed by atoms with Gasteiger partial charge in [-0.3, -0.25) is 20.5 Å². The van der Waals surface area contributed by atoms with Crippen LogP contribution in [0.1, 0.15) is 26.7 Å². The van der Waals surface area contributed by atoms with Crippen LogP contribution in [0.3, 0.4) is 0 Å². The van der Waals surface area contributed by atoms with Gasteiger partial charge in [0, 0.05) is 6.04 Å². The van der Waals surface area contributed by atoms with Crippen molar-refractivity contribution in [1.29, 1.82) is 0 Å². The summed E-state index contributed by atoms with van der Waals surface area (Å²) in [5, 5.41) is 0. The Morgan fingerprint density at radius 2 is 2.32 bits per heavy atom. The number of anilines is 1. The van der Waals surface area contributed by atoms with Crippen LogP contribution in [0.25, 0.3) is 0 Å². The summed E-state index contributed by atoms with van der Waals surface area (Å²) in [7, 11) is 0. The van der Waals surface area contributed by atoms with Crippen molar-refractivity contribution < 1.29 is 9.18 Å². The van der Waals surface area contributed by atoms with Crippen LogP contribution in [0.2, 0.25) is 0 Å². The van der Waals surface area contributed by atoms with E-state index >= 15 is 0 Å². The van der Waals surface area contributed by atoms with Crippen molar-refractivity contribution in [3.05, 3.63) is 24.1 Å². The van der Waals surface area contributed by atoms with E-state index in [-0.39, 0.29) is 11.9 Å². The minimum Gasteiger partial charge on any atom is -0.289 e. The molecule has 1 amide bonds. The Kier molecular flexibility index (Phi) is 4.31. The lowest BCUT2D eigenvalue weighted by atomic mass is 10.2. The summed E-state index contributed by atoms with van der Waals surface area (Å²) < 4.78 is 12.7. The van der Waals surface area contributed by atoms with Crippen molar-refractivity contribution in [3.8, 4) is 0 Å². The third-order valence-electron chi connectivity index (χ3n) is 3.30. The summed E-state index contributed by atoms with van der Waals surface area (Å²) in [6.45, 7) is 5.12. The molecule has 0 spiro atoms. The van der Waals surface area contributed by atoms with Crippen LogP contribution < -0.4 is 10.9 Å². The van der Waals surface area contributed by atoms with E-state index in [0.717, 1.165) is 25.6 Å². The quantitative estimate of drug-likeness (QED) is 0.812. The standard InChI is InChI=1S/C13H19FN4O/c1-9(2)18-7-3-4-11(18)13(19)17-16-12-6-5-10(14)8-15-12/h5-6,8-9,11H,3-4,7H2,1-2H3,(H,15,16)(H,17,19)/t11-/m0/s1. The molecule has 1 aromatic heterocycles. The highest BCUT2D eigenvalue weighted by Gasteiger charge is 2.32. The number of nitrogens with one attached hydrogen (secondary N) is 2. The van der Waals surface area contributed by atoms with Crippen LogP contribution in [-0.2, 0) is 4.79 Å². The summed E-state index contributed by atoms with van der Waals surface area (Å²) in [6, 6.07) is 3.01. The van der Waals surface area contributed by atoms with E-state index in [1.165, 1.54) is 12.1 Å². The molecule has 2 N–H and O–H groups in total. The number of nitrogens with zero attached hydrogens (tertiary/aromatic N) is 2. The van der Waals surface area contributed by atoms with E-state index < -0.39 is 5.82 Å². The predicted octanol–water partition coefficient (Wildman–Crippen LogP) is 1.54. The molecule has 0 unspecified atom stereocenters. The van der Waals surface area contributed by atoms with Crippen LogP contribution in [-0.4, -0.2) is 34.4 Å². The first-order valence-electron chi connectivity index (χ1n) is 6.51. The van der Waals surface area contributed by atoms with Crippen LogP contribution in [0.15, 0.2) is 18.3 Å². The van der Waals surface area contributed by atoms with Crippen molar-refractivity contribution in [2.75, 3.05) is 12.0 Å². The van der Waals surface area contributed by atoms with Gasteiger partial charge in [-0.25, -0.2) is 9.37 Å². The molecule has 2 rings (SSSR count). The maximum atomic E-state index is 12.7. The first-order valence-corrected chi connectivity index (χ1v) is 6.51. The molecular formula is C13H19FN4O. The Balaban J connectivity index is 1.89. The summed E-state index contributed by atoms with van der Waals surface area (Å²) in [5.74, 6) is -0.0557. The molecule has 0 radical (unpaired) electrons. The molecule has 1 fully saturated rings. The molecule has 2 heterocycles. The van der Waals surface area contributed by atoms with Crippen LogP contribution in [0.4, 0.5) is 10.2 Å². The summed E-state index contributed by atoms with van der Waals surface area (Å²) in [5.41, 5.74) is 5.33. The Hall–Kier alpha value is -1.69. The van der Waals surface area contributed by atoms with Gasteiger partial charge in [0.1, 0.15) is 11.6 Å². The highest BCUT2D eigenvalue weighted by Crippen LogP contribution is 2.19. The van der Waals surface area contributed by atoms with Gasteiger partial charge in [-0.2, -0.15) is 0 Å². The number of aromatic nitrogens is 1. The van der Waals surface area contributed by atoms with Gasteiger partial charge in [0.15, 0.2) is 0 Å². The SMILES string of the molecule is CC(C)N1CCC[C@H]1C(=O)NNc1ccc(F)cn1. The first kappa shape index (κ1) is 13.7. The fraction of sp³-hybridized carbons (Fsp3) is 0.538. The lowest BCUT2D eigenvalue weighted by Crippen LogP contribution is -2.47. The van der Waals surface area contributed by atoms with E-state index in [0.29, 0.717) is 11.9 Å². The Bertz CT molecular complexity index is 435. The van der Waals surface area contributed by atoms with Crippen molar-refractivity contribution in [3.63, 3.8) is 0 Å². The number of hydrogen-bond donors (Lipinski definition) is 2. The second-order valence-electron chi connectivity index (χ2n) is 4.97. The molecule has 104 valence electrons. The molecule has 0 bridgehead atoms. The molecule has 0 saturated carbocycles. The highest BCUT2D eigenvalue weighted by atomic mass is 19.1. The van der Waals surface area contributed by atoms with E-state index in [1.54, 1.807) is 0 Å². The number of carbonyl (C=O) groups is 1. The third-order valence-corrected chi connectivity index (χ3v) is 3.30. The molecule has 0 aliphatic carbocycles. The Morgan fingerprint density at radius 3 is 2.95 bits per heavy atom. The molecule has 1 aliphatic heterocycles. The number of likely N-dealkylation sites (tertiary alicyclic amines) is 1. The zero-order chi connectivity index (χ0) is 13.8. The van der Waals surface area contributed by atoms with Gasteiger partial charge in [0.05, 0.1) is 12.2 Å². The second-order valence-corrected chi connectivity index (χ2v) is 4.97. The zero-order valence-electron chi connectivity index (χ0n) is 11.2. The number of hydrazine groups is 1. The van der Waals surface area contributed by atoms with E-state index in [2.05, 4.69) is 34.6 Å². The third kappa shape index (κ3) is 3.41. The zero-order valence-corrected chi connectivity index (χ0v) is 11.2. The normalized spacial score (nSPS) is 19.7. The number of rotatable bonds is 4. The van der Waals surface area contributed by atoms with Crippen LogP contribution in [0.5, 0.6) is 0 Å². The van der Waals surface area contributed by atoms with Gasteiger partial charge < -0.3 is 0 Å². The van der Waals surface area contributed by atoms with Gasteiger partial charge >= 0.3 is 0 Å². The first-order chi connectivity index (χ1) is 9.08. The van der Waals surface area contributed by atoms with Crippen molar-refractivity contribution in [1.82, 2.24) is 15.3 Å². The van der Waals surface area contributed by atoms with E-state index in [4.69, 9.17) is 0 Å². The summed E-state index contributed by atoms with van der Waals surface area (Å²) in [6.07, 6.45) is 3.00. The van der Waals surface area contributed by atoms with Crippen molar-refractivity contribution >= 4 is 11.7 Å². The lowest BCUT2D eigenvalue weighted by molar-refractivity contribution is -0.125. The average molecular weight is 266 g/mol. The number of halogens is 1. The van der Waals surface area contributed by atoms with Crippen LogP contribution in [0, 0.1) is 5.82 Å². The highest BCUT2D eigenvalue weighted by molar-refractivity contribution is 5.83. The number of hydrogen-bond acceptors (Lipinski definition) is 4. The molecule has 1 atom stereocenters. The van der Waals surface area contributed by atoms with Gasteiger partial charge in [-0.1, -0.05) is 0 Å². The number of carbonyl (C=O) groups excluding carboxylic acids is 1. The monoisotopic (exact) mass is 266 g/mol. The average Bonchev–Trinajstić information content (AvgIpc) is 2.87. The molecule has 0 aromatic carbocycles. The lowest BCUT2D eigenvalue weighted by Gasteiger charge is -2.27. The molecule has 19 heavy (non-hydrogen) atoms. The number of pyridine rings is 1. The van der Waals surface area contributed by atoms with E-state index in [9.17, 15) is 9.18 Å². The van der Waals surface area contributed by atoms with Crippen molar-refractivity contribution in [2.45, 2.75) is 38.8 Å². The summed E-state index contributed by atoms with van der Waals surface area (Å²) >= 11 is 0. The summed E-state index contributed by atoms with van der Waals surface area (Å²) in [4.78, 5) is 18.1. The molecule has 5 nitrogen and oxygen atoms in total. The van der Waals surface area contributed by atoms with E-state index in [1.807, 2.05) is 0 Å². The smallest absolute Gasteiger partial charge is 0.255 e. The maximum absolute atomic E-state index is 12.7. The Morgan fingerprint density at radius 1 is 1.53 bits per heavy atom. The Labute approximate surface area is 112 Å². The van der Waals surface area contributed by atoms with Gasteiger partial charge in [-0.05, 0) is 45.4 Å². The molecule has 1 saturated heterocycles. The van der Waals surface area contributed by atoms with Gasteiger partial charge in [0.2, 0.25) is 0 Å². The molecular weight excluding hydrogens is 247 g/mol. The molecule has 6 heteroatoms. The van der Waals surface area contributed by atoms with Gasteiger partial charge in [-0.15, -0.1) is 0 Å². The van der Waals surface area contributed by atoms with Crippen molar-refractivity contribution in [2.24, 2.45) is 0 Å². The van der Waals surface area contributed by atoms with Crippen LogP contribution >= 0.6 is 0 Å². The molecule has 1 aliphatic rings. The topological polar surface area (TPSA) is 57.3 Å². The number of amides is 1. The fourth-order valence-corrected chi connectivity index (χ4v) is 2.35. The fourth-order valence-electron chi connectivity index (χ4n) is 2.35. The second kappa shape index (κ2) is 5.97. The predicted molar refractivity (Wildman–Crippen MR) is 70.8 cm³/mol. The minimum atomic E-state index is -0.404. The largest absolute Gasteiger partial charge is 0.289 e. The minimum absolute atomic E-state index is 0.0719. The maximum Gasteiger partial charge on any atom is 0.255 e. The molecule has 1 aromatic rings. The van der Waals surface area contributed by atoms with Gasteiger partial charge in [0.25, 0.3) is 5.91 Å².